The number of aliphatic carboxylic acids is 1. The summed E-state index contributed by atoms with van der Waals surface area (Å²) >= 11 is 6.01. The maximum Gasteiger partial charge on any atom is 0.303 e. The summed E-state index contributed by atoms with van der Waals surface area (Å²) in [6.07, 6.45) is 2.43. The van der Waals surface area contributed by atoms with Gasteiger partial charge in [-0.1, -0.05) is 30.7 Å². The van der Waals surface area contributed by atoms with E-state index >= 15 is 0 Å². The van der Waals surface area contributed by atoms with Crippen LogP contribution in [0.5, 0.6) is 0 Å². The number of hydrogen-bond donors (Lipinski definition) is 1. The predicted molar refractivity (Wildman–Crippen MR) is 132 cm³/mol. The van der Waals surface area contributed by atoms with E-state index in [1.807, 2.05) is 41.9 Å². The highest BCUT2D eigenvalue weighted by atomic mass is 35.5. The molecule has 0 aliphatic heterocycles. The fraction of sp³-hybridized carbons (Fsp3) is 0.370. The zero-order valence-corrected chi connectivity index (χ0v) is 20.3. The molecule has 7 heteroatoms. The molecule has 0 aliphatic carbocycles. The number of nitriles is 1. The van der Waals surface area contributed by atoms with Crippen molar-refractivity contribution in [3.63, 3.8) is 0 Å². The highest BCUT2D eigenvalue weighted by Gasteiger charge is 2.23. The predicted octanol–water partition coefficient (Wildman–Crippen LogP) is 5.93. The van der Waals surface area contributed by atoms with Crippen LogP contribution >= 0.6 is 11.6 Å². The van der Waals surface area contributed by atoms with Gasteiger partial charge in [-0.2, -0.15) is 5.26 Å². The van der Waals surface area contributed by atoms with E-state index in [0.717, 1.165) is 35.0 Å². The zero-order valence-electron chi connectivity index (χ0n) is 19.5. The number of carboxylic acid groups (broad SMARTS) is 1. The maximum atomic E-state index is 13.3. The first kappa shape index (κ1) is 25.5. The Balaban J connectivity index is 1.71. The number of fused-ring (bicyclic) bond motifs is 1. The third kappa shape index (κ3) is 6.47. The fourth-order valence-electron chi connectivity index (χ4n) is 4.27. The zero-order chi connectivity index (χ0) is 24.7. The van der Waals surface area contributed by atoms with Gasteiger partial charge in [-0.15, -0.1) is 0 Å². The number of Topliss-reactive ketones (excluding diaryl/α,β-unsaturated/α-hetero) is 1. The maximum absolute atomic E-state index is 13.3. The summed E-state index contributed by atoms with van der Waals surface area (Å²) in [5, 5.41) is 19.8. The van der Waals surface area contributed by atoms with E-state index in [2.05, 4.69) is 6.07 Å². The number of benzene rings is 2. The van der Waals surface area contributed by atoms with Gasteiger partial charge in [0.05, 0.1) is 18.2 Å². The van der Waals surface area contributed by atoms with Crippen LogP contribution in [0.25, 0.3) is 10.9 Å². The Morgan fingerprint density at radius 3 is 2.68 bits per heavy atom. The van der Waals surface area contributed by atoms with E-state index in [-0.39, 0.29) is 24.5 Å². The highest BCUT2D eigenvalue weighted by Crippen LogP contribution is 2.30. The van der Waals surface area contributed by atoms with E-state index in [0.29, 0.717) is 35.8 Å². The number of carboxylic acids is 1. The van der Waals surface area contributed by atoms with Crippen molar-refractivity contribution in [2.75, 3.05) is 6.61 Å². The number of carbonyl (C=O) groups is 2. The van der Waals surface area contributed by atoms with Gasteiger partial charge in [0, 0.05) is 53.7 Å². The Morgan fingerprint density at radius 2 is 1.97 bits per heavy atom. The molecule has 0 spiro atoms. The molecule has 0 bridgehead atoms. The van der Waals surface area contributed by atoms with Crippen LogP contribution in [0.4, 0.5) is 0 Å². The van der Waals surface area contributed by atoms with Crippen molar-refractivity contribution >= 4 is 34.3 Å². The van der Waals surface area contributed by atoms with Crippen LogP contribution in [0, 0.1) is 17.2 Å². The first-order valence-electron chi connectivity index (χ1n) is 11.4. The average molecular weight is 481 g/mol. The van der Waals surface area contributed by atoms with Gasteiger partial charge in [0.15, 0.2) is 5.78 Å². The standard InChI is InChI=1S/C27H29ClN2O4/c1-18(13-26(32)33)12-25(31)27-22-15-19(16-29)9-10-23(22)30(2)24(27)8-3-4-11-34-17-20-6-5-7-21(28)14-20/h5-7,9-10,14-15,18H,3-4,8,11-13,17H2,1-2H3,(H,32,33)/t18-/m0/s1. The third-order valence-electron chi connectivity index (χ3n) is 5.90. The SMILES string of the molecule is C[C@H](CC(=O)O)CC(=O)c1c(CCCCOCc2cccc(Cl)c2)n(C)c2ccc(C#N)cc12. The molecule has 3 aromatic rings. The fourth-order valence-corrected chi connectivity index (χ4v) is 4.49. The van der Waals surface area contributed by atoms with Crippen LogP contribution in [-0.4, -0.2) is 28.0 Å². The van der Waals surface area contributed by atoms with Crippen molar-refractivity contribution in [1.29, 1.82) is 5.26 Å². The molecule has 1 N–H and O–H groups in total. The van der Waals surface area contributed by atoms with E-state index in [4.69, 9.17) is 21.4 Å². The van der Waals surface area contributed by atoms with Crippen molar-refractivity contribution in [3.05, 3.63) is 69.9 Å². The second-order valence-corrected chi connectivity index (χ2v) is 9.13. The lowest BCUT2D eigenvalue weighted by molar-refractivity contribution is -0.137. The molecule has 2 aromatic carbocycles. The molecule has 0 unspecified atom stereocenters. The van der Waals surface area contributed by atoms with Crippen molar-refractivity contribution in [1.82, 2.24) is 4.57 Å². The van der Waals surface area contributed by atoms with E-state index in [1.165, 1.54) is 0 Å². The third-order valence-corrected chi connectivity index (χ3v) is 6.13. The molecular formula is C27H29ClN2O4. The summed E-state index contributed by atoms with van der Waals surface area (Å²) in [4.78, 5) is 24.3. The van der Waals surface area contributed by atoms with Crippen LogP contribution in [0.1, 0.15) is 59.8 Å². The Hall–Kier alpha value is -3.14. The number of ketones is 1. The van der Waals surface area contributed by atoms with Crippen LogP contribution in [0.3, 0.4) is 0 Å². The average Bonchev–Trinajstić information content (AvgIpc) is 3.06. The van der Waals surface area contributed by atoms with Gasteiger partial charge in [-0.05, 0) is 61.1 Å². The van der Waals surface area contributed by atoms with Gasteiger partial charge in [-0.3, -0.25) is 9.59 Å². The van der Waals surface area contributed by atoms with Gasteiger partial charge in [0.1, 0.15) is 0 Å². The Labute approximate surface area is 204 Å². The molecule has 1 aromatic heterocycles. The lowest BCUT2D eigenvalue weighted by Gasteiger charge is -2.11. The Morgan fingerprint density at radius 1 is 1.18 bits per heavy atom. The first-order valence-corrected chi connectivity index (χ1v) is 11.8. The molecular weight excluding hydrogens is 452 g/mol. The van der Waals surface area contributed by atoms with E-state index < -0.39 is 5.97 Å². The van der Waals surface area contributed by atoms with Crippen LogP contribution in [0.2, 0.25) is 5.02 Å². The van der Waals surface area contributed by atoms with Gasteiger partial charge >= 0.3 is 5.97 Å². The lowest BCUT2D eigenvalue weighted by Crippen LogP contribution is -2.12. The van der Waals surface area contributed by atoms with Crippen molar-refractivity contribution in [2.45, 2.75) is 45.6 Å². The molecule has 1 heterocycles. The summed E-state index contributed by atoms with van der Waals surface area (Å²) in [5.41, 5.74) is 3.92. The van der Waals surface area contributed by atoms with Crippen LogP contribution < -0.4 is 0 Å². The number of aromatic nitrogens is 1. The second kappa shape index (κ2) is 11.8. The topological polar surface area (TPSA) is 92.3 Å². The summed E-state index contributed by atoms with van der Waals surface area (Å²) < 4.78 is 7.79. The quantitative estimate of drug-likeness (QED) is 0.256. The summed E-state index contributed by atoms with van der Waals surface area (Å²) in [5.74, 6) is -1.27. The Kier molecular flexibility index (Phi) is 8.86. The number of nitrogens with zero attached hydrogens (tertiary/aromatic N) is 2. The van der Waals surface area contributed by atoms with E-state index in [1.54, 1.807) is 19.1 Å². The molecule has 34 heavy (non-hydrogen) atoms. The minimum atomic E-state index is -0.914. The van der Waals surface area contributed by atoms with E-state index in [9.17, 15) is 14.9 Å². The lowest BCUT2D eigenvalue weighted by atomic mass is 9.94. The highest BCUT2D eigenvalue weighted by molar-refractivity contribution is 6.30. The van der Waals surface area contributed by atoms with Crippen LogP contribution in [-0.2, 0) is 29.6 Å². The normalized spacial score (nSPS) is 11.9. The molecule has 178 valence electrons. The van der Waals surface area contributed by atoms with Crippen LogP contribution in [0.15, 0.2) is 42.5 Å². The van der Waals surface area contributed by atoms with Crippen molar-refractivity contribution in [2.24, 2.45) is 13.0 Å². The Bertz CT molecular complexity index is 1230. The molecule has 0 amide bonds. The summed E-state index contributed by atoms with van der Waals surface area (Å²) in [7, 11) is 1.93. The molecule has 3 rings (SSSR count). The molecule has 0 saturated heterocycles. The van der Waals surface area contributed by atoms with Crippen molar-refractivity contribution < 1.29 is 19.4 Å². The first-order chi connectivity index (χ1) is 16.3. The van der Waals surface area contributed by atoms with Gasteiger partial charge in [0.2, 0.25) is 0 Å². The van der Waals surface area contributed by atoms with Gasteiger partial charge in [-0.25, -0.2) is 0 Å². The van der Waals surface area contributed by atoms with Crippen molar-refractivity contribution in [3.8, 4) is 6.07 Å². The molecule has 0 aliphatic rings. The van der Waals surface area contributed by atoms with Gasteiger partial charge in [0.25, 0.3) is 0 Å². The summed E-state index contributed by atoms with van der Waals surface area (Å²) in [6.45, 7) is 2.86. The molecule has 1 atom stereocenters. The number of ether oxygens (including phenoxy) is 1. The molecule has 6 nitrogen and oxygen atoms in total. The number of carbonyl (C=O) groups excluding carboxylic acids is 1. The second-order valence-electron chi connectivity index (χ2n) is 8.69. The minimum absolute atomic E-state index is 0.0563. The molecule has 0 saturated carbocycles. The number of halogens is 1. The number of aryl methyl sites for hydroxylation is 1. The number of hydrogen-bond acceptors (Lipinski definition) is 4. The number of unbranched alkanes of at least 4 members (excludes halogenated alkanes) is 1. The number of rotatable bonds is 12. The molecule has 0 radical (unpaired) electrons. The smallest absolute Gasteiger partial charge is 0.303 e. The van der Waals surface area contributed by atoms with Gasteiger partial charge < -0.3 is 14.4 Å². The monoisotopic (exact) mass is 480 g/mol. The summed E-state index contributed by atoms with van der Waals surface area (Å²) in [6, 6.07) is 15.1. The largest absolute Gasteiger partial charge is 0.481 e. The minimum Gasteiger partial charge on any atom is -0.481 e. The molecule has 0 fully saturated rings.